The Balaban J connectivity index is 1.26. The minimum absolute atomic E-state index is 0.128. The molecule has 0 unspecified atom stereocenters. The molecule has 4 aromatic rings. The first-order valence-electron chi connectivity index (χ1n) is 20.6. The lowest BCUT2D eigenvalue weighted by molar-refractivity contribution is -0.137. The van der Waals surface area contributed by atoms with Gasteiger partial charge in [0, 0.05) is 11.1 Å². The normalized spacial score (nSPS) is 11.7. The van der Waals surface area contributed by atoms with E-state index in [1.54, 1.807) is 12.1 Å². The molecule has 0 saturated heterocycles. The third-order valence-corrected chi connectivity index (χ3v) is 10.4. The van der Waals surface area contributed by atoms with E-state index in [9.17, 15) is 13.2 Å². The predicted molar refractivity (Wildman–Crippen MR) is 214 cm³/mol. The average Bonchev–Trinajstić information content (AvgIpc) is 3.16. The molecule has 1 aromatic heterocycles. The molecule has 0 fully saturated rings. The second-order valence-electron chi connectivity index (χ2n) is 14.8. The summed E-state index contributed by atoms with van der Waals surface area (Å²) in [4.78, 5) is 0. The number of aromatic nitrogens is 2. The molecule has 0 radical (unpaired) electrons. The van der Waals surface area contributed by atoms with E-state index in [-0.39, 0.29) is 11.4 Å². The maximum absolute atomic E-state index is 14.3. The maximum Gasteiger partial charge on any atom is 0.418 e. The summed E-state index contributed by atoms with van der Waals surface area (Å²) in [5, 5.41) is 8.39. The lowest BCUT2D eigenvalue weighted by Gasteiger charge is -2.14. The Morgan fingerprint density at radius 3 is 1.15 bits per heavy atom. The molecular formula is C47H63F3N2. The van der Waals surface area contributed by atoms with Crippen LogP contribution in [0.5, 0.6) is 0 Å². The van der Waals surface area contributed by atoms with E-state index < -0.39 is 11.7 Å². The molecule has 4 rings (SSSR count). The van der Waals surface area contributed by atoms with Gasteiger partial charge in [0.25, 0.3) is 0 Å². The molecule has 0 saturated carbocycles. The van der Waals surface area contributed by atoms with Crippen molar-refractivity contribution in [1.82, 2.24) is 10.2 Å². The number of nitrogens with zero attached hydrogens (tertiary/aromatic N) is 2. The van der Waals surface area contributed by atoms with Gasteiger partial charge in [-0.1, -0.05) is 202 Å². The number of aryl methyl sites for hydroxylation is 2. The Labute approximate surface area is 313 Å². The van der Waals surface area contributed by atoms with Crippen LogP contribution >= 0.6 is 0 Å². The fraction of sp³-hybridized carbons (Fsp3) is 0.532. The summed E-state index contributed by atoms with van der Waals surface area (Å²) in [6, 6.07) is 24.7. The van der Waals surface area contributed by atoms with Crippen LogP contribution in [0.15, 0.2) is 78.9 Å². The van der Waals surface area contributed by atoms with Crippen LogP contribution in [0.1, 0.15) is 159 Å². The first-order chi connectivity index (χ1) is 25.4. The SMILES string of the molecule is CCCCCCCCCCCCc1ccc(-c2ccc(-c3cc(C(F)(F)F)c(-c4ccc(CCCCCCCCCCCC)cc4)nn3)cc2)cc1. The number of unbranched alkanes of at least 4 members (excludes halogenated alkanes) is 18. The van der Waals surface area contributed by atoms with Crippen LogP contribution in [0.2, 0.25) is 0 Å². The zero-order chi connectivity index (χ0) is 36.9. The van der Waals surface area contributed by atoms with Gasteiger partial charge in [0.05, 0.1) is 11.3 Å². The molecule has 0 spiro atoms. The Hall–Kier alpha value is -3.47. The summed E-state index contributed by atoms with van der Waals surface area (Å²) >= 11 is 0. The Morgan fingerprint density at radius 2 is 0.750 bits per heavy atom. The average molecular weight is 713 g/mol. The maximum atomic E-state index is 14.3. The molecule has 0 amide bonds. The second-order valence-corrected chi connectivity index (χ2v) is 14.8. The zero-order valence-electron chi connectivity index (χ0n) is 32.1. The van der Waals surface area contributed by atoms with Gasteiger partial charge in [-0.2, -0.15) is 13.2 Å². The highest BCUT2D eigenvalue weighted by Gasteiger charge is 2.35. The van der Waals surface area contributed by atoms with E-state index in [2.05, 4.69) is 48.3 Å². The first kappa shape index (κ1) is 41.3. The minimum Gasteiger partial charge on any atom is -0.166 e. The van der Waals surface area contributed by atoms with E-state index >= 15 is 0 Å². The summed E-state index contributed by atoms with van der Waals surface area (Å²) < 4.78 is 43.0. The van der Waals surface area contributed by atoms with Crippen LogP contribution in [0.25, 0.3) is 33.6 Å². The highest BCUT2D eigenvalue weighted by molar-refractivity contribution is 5.71. The zero-order valence-corrected chi connectivity index (χ0v) is 32.1. The molecular weight excluding hydrogens is 650 g/mol. The summed E-state index contributed by atoms with van der Waals surface area (Å²) in [6.45, 7) is 4.51. The van der Waals surface area contributed by atoms with E-state index in [0.29, 0.717) is 11.1 Å². The van der Waals surface area contributed by atoms with Gasteiger partial charge in [0.2, 0.25) is 0 Å². The lowest BCUT2D eigenvalue weighted by atomic mass is 9.98. The number of benzene rings is 3. The standard InChI is InChI=1S/C47H63F3N2/c1-3-5-7-9-11-13-15-17-19-21-23-38-25-29-40(30-26-38)41-33-35-42(36-34-41)45-37-44(47(48,49)50)46(52-51-45)43-31-27-39(28-32-43)24-22-20-18-16-14-12-10-8-6-4-2/h25-37H,3-24H2,1-2H3. The van der Waals surface area contributed by atoms with E-state index in [1.165, 1.54) is 128 Å². The van der Waals surface area contributed by atoms with Gasteiger partial charge in [-0.05, 0) is 54.0 Å². The van der Waals surface area contributed by atoms with Gasteiger partial charge in [-0.3, -0.25) is 0 Å². The van der Waals surface area contributed by atoms with Crippen molar-refractivity contribution in [2.45, 2.75) is 161 Å². The molecule has 0 aliphatic heterocycles. The van der Waals surface area contributed by atoms with Crippen LogP contribution in [0.3, 0.4) is 0 Å². The number of rotatable bonds is 25. The Morgan fingerprint density at radius 1 is 0.404 bits per heavy atom. The van der Waals surface area contributed by atoms with E-state index in [4.69, 9.17) is 0 Å². The lowest BCUT2D eigenvalue weighted by Crippen LogP contribution is -2.10. The van der Waals surface area contributed by atoms with Crippen molar-refractivity contribution < 1.29 is 13.2 Å². The molecule has 2 nitrogen and oxygen atoms in total. The van der Waals surface area contributed by atoms with Gasteiger partial charge in [-0.15, -0.1) is 10.2 Å². The van der Waals surface area contributed by atoms with Crippen LogP contribution < -0.4 is 0 Å². The highest BCUT2D eigenvalue weighted by Crippen LogP contribution is 2.38. The van der Waals surface area contributed by atoms with Gasteiger partial charge >= 0.3 is 6.18 Å². The molecule has 5 heteroatoms. The Bertz CT molecular complexity index is 1530. The third-order valence-electron chi connectivity index (χ3n) is 10.4. The highest BCUT2D eigenvalue weighted by atomic mass is 19.4. The summed E-state index contributed by atoms with van der Waals surface area (Å²) in [7, 11) is 0. The Kier molecular flexibility index (Phi) is 18.5. The van der Waals surface area contributed by atoms with Crippen molar-refractivity contribution >= 4 is 0 Å². The summed E-state index contributed by atoms with van der Waals surface area (Å²) in [6.07, 6.45) is 23.7. The molecule has 282 valence electrons. The summed E-state index contributed by atoms with van der Waals surface area (Å²) in [5.74, 6) is 0. The van der Waals surface area contributed by atoms with Crippen LogP contribution in [-0.4, -0.2) is 10.2 Å². The quantitative estimate of drug-likeness (QED) is 0.0639. The van der Waals surface area contributed by atoms with E-state index in [0.717, 1.165) is 42.0 Å². The number of alkyl halides is 3. The van der Waals surface area contributed by atoms with Crippen molar-refractivity contribution in [3.63, 3.8) is 0 Å². The molecule has 3 aromatic carbocycles. The van der Waals surface area contributed by atoms with Crippen molar-refractivity contribution in [2.75, 3.05) is 0 Å². The van der Waals surface area contributed by atoms with Crippen molar-refractivity contribution in [2.24, 2.45) is 0 Å². The van der Waals surface area contributed by atoms with Crippen LogP contribution in [-0.2, 0) is 19.0 Å². The van der Waals surface area contributed by atoms with Gasteiger partial charge in [0.15, 0.2) is 0 Å². The molecule has 0 atom stereocenters. The smallest absolute Gasteiger partial charge is 0.166 e. The van der Waals surface area contributed by atoms with Gasteiger partial charge in [0.1, 0.15) is 5.69 Å². The number of hydrogen-bond donors (Lipinski definition) is 0. The third kappa shape index (κ3) is 14.5. The summed E-state index contributed by atoms with van der Waals surface area (Å²) in [5.41, 5.74) is 4.97. The minimum atomic E-state index is -4.55. The first-order valence-corrected chi connectivity index (χ1v) is 20.6. The monoisotopic (exact) mass is 712 g/mol. The number of halogens is 3. The van der Waals surface area contributed by atoms with Crippen molar-refractivity contribution in [3.05, 3.63) is 95.6 Å². The van der Waals surface area contributed by atoms with Crippen LogP contribution in [0.4, 0.5) is 13.2 Å². The molecule has 0 bridgehead atoms. The van der Waals surface area contributed by atoms with Crippen LogP contribution in [0, 0.1) is 0 Å². The topological polar surface area (TPSA) is 25.8 Å². The number of hydrogen-bond acceptors (Lipinski definition) is 2. The molecule has 1 heterocycles. The molecule has 0 aliphatic carbocycles. The van der Waals surface area contributed by atoms with Gasteiger partial charge in [-0.25, -0.2) is 0 Å². The van der Waals surface area contributed by atoms with Crippen molar-refractivity contribution in [3.8, 4) is 33.6 Å². The fourth-order valence-corrected chi connectivity index (χ4v) is 7.12. The molecule has 52 heavy (non-hydrogen) atoms. The van der Waals surface area contributed by atoms with E-state index in [1.807, 2.05) is 36.4 Å². The predicted octanol–water partition coefficient (Wildman–Crippen LogP) is 15.4. The molecule has 0 N–H and O–H groups in total. The van der Waals surface area contributed by atoms with Crippen molar-refractivity contribution in [1.29, 1.82) is 0 Å². The van der Waals surface area contributed by atoms with Gasteiger partial charge < -0.3 is 0 Å². The fourth-order valence-electron chi connectivity index (χ4n) is 7.12. The molecule has 0 aliphatic rings. The largest absolute Gasteiger partial charge is 0.418 e. The second kappa shape index (κ2) is 23.2.